The van der Waals surface area contributed by atoms with Crippen molar-refractivity contribution in [3.8, 4) is 11.5 Å². The van der Waals surface area contributed by atoms with Gasteiger partial charge >= 0.3 is 0 Å². The van der Waals surface area contributed by atoms with Crippen molar-refractivity contribution in [1.29, 1.82) is 0 Å². The number of nitrogens with one attached hydrogen (secondary N) is 1. The largest absolute Gasteiger partial charge is 0.454 e. The first-order valence-electron chi connectivity index (χ1n) is 5.69. The molecule has 3 rings (SSSR count). The molecule has 1 aromatic heterocycles. The first-order valence-corrected chi connectivity index (χ1v) is 8.35. The normalized spacial score (nSPS) is 13.2. The summed E-state index contributed by atoms with van der Waals surface area (Å²) in [7, 11) is -3.85. The van der Waals surface area contributed by atoms with Crippen LogP contribution in [0.1, 0.15) is 0 Å². The summed E-state index contributed by atoms with van der Waals surface area (Å²) in [5.74, 6) is 1.05. The molecule has 1 aliphatic rings. The number of hydrogen-bond acceptors (Lipinski definition) is 5. The molecule has 0 atom stereocenters. The standard InChI is InChI=1S/C12H8BrClN2O4S/c13-7-3-11(12(14)15-5-7)21(17,18)16-8-1-2-9-10(4-8)20-6-19-9/h1-5,16H,6H2. The second kappa shape index (κ2) is 5.36. The van der Waals surface area contributed by atoms with Crippen LogP contribution in [0.5, 0.6) is 11.5 Å². The summed E-state index contributed by atoms with van der Waals surface area (Å²) in [6.07, 6.45) is 1.42. The summed E-state index contributed by atoms with van der Waals surface area (Å²) in [5.41, 5.74) is 0.343. The van der Waals surface area contributed by atoms with E-state index in [1.54, 1.807) is 18.2 Å². The topological polar surface area (TPSA) is 77.5 Å². The van der Waals surface area contributed by atoms with E-state index >= 15 is 0 Å². The average molecular weight is 392 g/mol. The number of pyridine rings is 1. The maximum absolute atomic E-state index is 12.3. The Morgan fingerprint density at radius 2 is 2.00 bits per heavy atom. The summed E-state index contributed by atoms with van der Waals surface area (Å²) in [6, 6.07) is 6.12. The van der Waals surface area contributed by atoms with Gasteiger partial charge in [-0.05, 0) is 34.1 Å². The molecular formula is C12H8BrClN2O4S. The molecule has 0 radical (unpaired) electrons. The Balaban J connectivity index is 1.94. The Morgan fingerprint density at radius 1 is 1.24 bits per heavy atom. The molecule has 0 unspecified atom stereocenters. The Morgan fingerprint density at radius 3 is 2.81 bits per heavy atom. The lowest BCUT2D eigenvalue weighted by atomic mass is 10.3. The summed E-state index contributed by atoms with van der Waals surface area (Å²) < 4.78 is 38.0. The van der Waals surface area contributed by atoms with Crippen molar-refractivity contribution in [1.82, 2.24) is 4.98 Å². The highest BCUT2D eigenvalue weighted by Crippen LogP contribution is 2.35. The van der Waals surface area contributed by atoms with Gasteiger partial charge in [0, 0.05) is 16.7 Å². The van der Waals surface area contributed by atoms with Crippen LogP contribution in [0.15, 0.2) is 39.8 Å². The Hall–Kier alpha value is -1.51. The maximum Gasteiger partial charge on any atom is 0.265 e. The number of nitrogens with zero attached hydrogens (tertiary/aromatic N) is 1. The molecular weight excluding hydrogens is 384 g/mol. The predicted molar refractivity (Wildman–Crippen MR) is 80.3 cm³/mol. The Labute approximate surface area is 134 Å². The van der Waals surface area contributed by atoms with E-state index in [-0.39, 0.29) is 16.8 Å². The predicted octanol–water partition coefficient (Wildman–Crippen LogP) is 3.03. The zero-order valence-electron chi connectivity index (χ0n) is 10.3. The highest BCUT2D eigenvalue weighted by Gasteiger charge is 2.21. The minimum absolute atomic E-state index is 0.105. The molecule has 0 aliphatic carbocycles. The second-order valence-electron chi connectivity index (χ2n) is 4.12. The summed E-state index contributed by atoms with van der Waals surface area (Å²) >= 11 is 9.01. The summed E-state index contributed by atoms with van der Waals surface area (Å²) in [4.78, 5) is 3.68. The van der Waals surface area contributed by atoms with E-state index in [4.69, 9.17) is 21.1 Å². The number of hydrogen-bond donors (Lipinski definition) is 1. The van der Waals surface area contributed by atoms with Crippen LogP contribution >= 0.6 is 27.5 Å². The molecule has 1 N–H and O–H groups in total. The van der Waals surface area contributed by atoms with Crippen molar-refractivity contribution < 1.29 is 17.9 Å². The minimum atomic E-state index is -3.85. The van der Waals surface area contributed by atoms with Crippen LogP contribution in [0.2, 0.25) is 5.15 Å². The molecule has 2 aromatic rings. The van der Waals surface area contributed by atoms with E-state index in [1.807, 2.05) is 0 Å². The summed E-state index contributed by atoms with van der Waals surface area (Å²) in [5, 5.41) is -0.105. The van der Waals surface area contributed by atoms with Crippen LogP contribution in [0.3, 0.4) is 0 Å². The van der Waals surface area contributed by atoms with Crippen molar-refractivity contribution in [3.63, 3.8) is 0 Å². The number of anilines is 1. The molecule has 0 saturated carbocycles. The molecule has 1 aromatic carbocycles. The fraction of sp³-hybridized carbons (Fsp3) is 0.0833. The number of rotatable bonds is 3. The molecule has 6 nitrogen and oxygen atoms in total. The molecule has 0 amide bonds. The van der Waals surface area contributed by atoms with Crippen LogP contribution in [0, 0.1) is 0 Å². The lowest BCUT2D eigenvalue weighted by Crippen LogP contribution is -2.14. The van der Waals surface area contributed by atoms with Crippen molar-refractivity contribution >= 4 is 43.2 Å². The molecule has 0 bridgehead atoms. The van der Waals surface area contributed by atoms with Crippen LogP contribution < -0.4 is 14.2 Å². The zero-order chi connectivity index (χ0) is 15.0. The van der Waals surface area contributed by atoms with Crippen molar-refractivity contribution in [2.45, 2.75) is 4.90 Å². The minimum Gasteiger partial charge on any atom is -0.454 e. The van der Waals surface area contributed by atoms with Gasteiger partial charge in [0.15, 0.2) is 11.5 Å². The molecule has 110 valence electrons. The van der Waals surface area contributed by atoms with E-state index in [1.165, 1.54) is 12.3 Å². The first-order chi connectivity index (χ1) is 9.95. The van der Waals surface area contributed by atoms with Crippen molar-refractivity contribution in [3.05, 3.63) is 40.1 Å². The third-order valence-corrected chi connectivity index (χ3v) is 4.93. The number of ether oxygens (including phenoxy) is 2. The third kappa shape index (κ3) is 2.92. The van der Waals surface area contributed by atoms with Gasteiger partial charge in [-0.15, -0.1) is 0 Å². The molecule has 1 aliphatic heterocycles. The van der Waals surface area contributed by atoms with Crippen LogP contribution in [-0.2, 0) is 10.0 Å². The second-order valence-corrected chi connectivity index (χ2v) is 7.04. The Bertz CT molecular complexity index is 813. The van der Waals surface area contributed by atoms with Gasteiger partial charge in [0.05, 0.1) is 5.69 Å². The quantitative estimate of drug-likeness (QED) is 0.814. The first kappa shape index (κ1) is 14.4. The van der Waals surface area contributed by atoms with Crippen LogP contribution in [0.4, 0.5) is 5.69 Å². The zero-order valence-corrected chi connectivity index (χ0v) is 13.5. The average Bonchev–Trinajstić information content (AvgIpc) is 2.88. The SMILES string of the molecule is O=S(=O)(Nc1ccc2c(c1)OCO2)c1cc(Br)cnc1Cl. The smallest absolute Gasteiger partial charge is 0.265 e. The number of aromatic nitrogens is 1. The number of sulfonamides is 1. The van der Waals surface area contributed by atoms with Gasteiger partial charge in [0.1, 0.15) is 10.0 Å². The highest BCUT2D eigenvalue weighted by atomic mass is 79.9. The molecule has 0 saturated heterocycles. The van der Waals surface area contributed by atoms with E-state index in [2.05, 4.69) is 25.6 Å². The van der Waals surface area contributed by atoms with E-state index in [0.717, 1.165) is 0 Å². The van der Waals surface area contributed by atoms with E-state index < -0.39 is 10.0 Å². The van der Waals surface area contributed by atoms with Gasteiger partial charge < -0.3 is 9.47 Å². The summed E-state index contributed by atoms with van der Waals surface area (Å²) in [6.45, 7) is 0.118. The van der Waals surface area contributed by atoms with Gasteiger partial charge in [-0.2, -0.15) is 0 Å². The monoisotopic (exact) mass is 390 g/mol. The lowest BCUT2D eigenvalue weighted by Gasteiger charge is -2.09. The number of halogens is 2. The van der Waals surface area contributed by atoms with Crippen molar-refractivity contribution in [2.24, 2.45) is 0 Å². The number of fused-ring (bicyclic) bond motifs is 1. The van der Waals surface area contributed by atoms with Gasteiger partial charge in [0.2, 0.25) is 6.79 Å². The van der Waals surface area contributed by atoms with Gasteiger partial charge in [-0.3, -0.25) is 4.72 Å². The number of benzene rings is 1. The fourth-order valence-corrected chi connectivity index (χ4v) is 3.76. The molecule has 9 heteroatoms. The van der Waals surface area contributed by atoms with Crippen molar-refractivity contribution in [2.75, 3.05) is 11.5 Å². The highest BCUT2D eigenvalue weighted by molar-refractivity contribution is 9.10. The Kier molecular flexibility index (Phi) is 3.68. The molecule has 21 heavy (non-hydrogen) atoms. The fourth-order valence-electron chi connectivity index (χ4n) is 1.76. The van der Waals surface area contributed by atoms with Gasteiger partial charge in [-0.1, -0.05) is 11.6 Å². The van der Waals surface area contributed by atoms with Gasteiger partial charge in [0.25, 0.3) is 10.0 Å². The van der Waals surface area contributed by atoms with E-state index in [0.29, 0.717) is 21.7 Å². The maximum atomic E-state index is 12.3. The van der Waals surface area contributed by atoms with Gasteiger partial charge in [-0.25, -0.2) is 13.4 Å². The molecule has 0 spiro atoms. The third-order valence-electron chi connectivity index (χ3n) is 2.69. The van der Waals surface area contributed by atoms with Crippen LogP contribution in [-0.4, -0.2) is 20.2 Å². The van der Waals surface area contributed by atoms with Crippen LogP contribution in [0.25, 0.3) is 0 Å². The molecule has 0 fully saturated rings. The lowest BCUT2D eigenvalue weighted by molar-refractivity contribution is 0.174. The molecule has 2 heterocycles. The van der Waals surface area contributed by atoms with E-state index in [9.17, 15) is 8.42 Å².